The van der Waals surface area contributed by atoms with Gasteiger partial charge in [-0.25, -0.2) is 4.79 Å². The molecule has 2 rings (SSSR count). The fraction of sp³-hybridized carbons (Fsp3) is 0.235. The summed E-state index contributed by atoms with van der Waals surface area (Å²) in [6, 6.07) is 15.0. The highest BCUT2D eigenvalue weighted by atomic mass is 35.5. The zero-order chi connectivity index (χ0) is 15.1. The molecule has 0 unspecified atom stereocenters. The molecule has 1 N–H and O–H groups in total. The van der Waals surface area contributed by atoms with E-state index >= 15 is 0 Å². The van der Waals surface area contributed by atoms with Gasteiger partial charge in [-0.15, -0.1) is 0 Å². The molecule has 0 aromatic heterocycles. The molecule has 0 aliphatic rings. The molecular weight excluding hydrogens is 288 g/mol. The minimum Gasteiger partial charge on any atom is -0.491 e. The third-order valence-corrected chi connectivity index (χ3v) is 3.44. The molecule has 0 aliphatic heterocycles. The zero-order valence-electron chi connectivity index (χ0n) is 11.6. The number of unbranched alkanes of at least 4 members (excludes halogenated alkanes) is 1. The lowest BCUT2D eigenvalue weighted by Crippen LogP contribution is -2.05. The lowest BCUT2D eigenvalue weighted by molar-refractivity contribution is 0.0692. The van der Waals surface area contributed by atoms with Crippen molar-refractivity contribution < 1.29 is 14.6 Å². The second-order valence-electron chi connectivity index (χ2n) is 4.71. The van der Waals surface area contributed by atoms with Crippen LogP contribution in [0.3, 0.4) is 0 Å². The van der Waals surface area contributed by atoms with Crippen LogP contribution in [0.15, 0.2) is 48.5 Å². The maximum absolute atomic E-state index is 11.1. The van der Waals surface area contributed by atoms with Crippen molar-refractivity contribution >= 4 is 17.6 Å². The molecule has 2 aromatic rings. The van der Waals surface area contributed by atoms with Gasteiger partial charge in [0.1, 0.15) is 5.56 Å². The van der Waals surface area contributed by atoms with Crippen LogP contribution in [-0.4, -0.2) is 17.7 Å². The molecule has 0 atom stereocenters. The van der Waals surface area contributed by atoms with E-state index in [0.29, 0.717) is 11.6 Å². The van der Waals surface area contributed by atoms with Gasteiger partial charge in [-0.05, 0) is 37.0 Å². The first-order valence-corrected chi connectivity index (χ1v) is 7.25. The van der Waals surface area contributed by atoms with Crippen molar-refractivity contribution in [2.75, 3.05) is 6.61 Å². The van der Waals surface area contributed by atoms with Gasteiger partial charge in [0.2, 0.25) is 0 Å². The van der Waals surface area contributed by atoms with Gasteiger partial charge in [-0.1, -0.05) is 48.0 Å². The number of benzene rings is 2. The predicted octanol–water partition coefficient (Wildman–Crippen LogP) is 4.44. The largest absolute Gasteiger partial charge is 0.491 e. The summed E-state index contributed by atoms with van der Waals surface area (Å²) in [5.74, 6) is -0.775. The number of rotatable bonds is 7. The number of hydrogen-bond acceptors (Lipinski definition) is 2. The lowest BCUT2D eigenvalue weighted by Gasteiger charge is -2.10. The topological polar surface area (TPSA) is 46.5 Å². The maximum Gasteiger partial charge on any atom is 0.339 e. The number of aryl methyl sites for hydroxylation is 1. The van der Waals surface area contributed by atoms with Crippen molar-refractivity contribution in [1.82, 2.24) is 0 Å². The molecule has 4 heteroatoms. The first kappa shape index (κ1) is 15.4. The van der Waals surface area contributed by atoms with Gasteiger partial charge in [0.25, 0.3) is 0 Å². The maximum atomic E-state index is 11.1. The molecule has 2 aromatic carbocycles. The van der Waals surface area contributed by atoms with Gasteiger partial charge in [0.15, 0.2) is 5.75 Å². The van der Waals surface area contributed by atoms with E-state index in [4.69, 9.17) is 21.4 Å². The van der Waals surface area contributed by atoms with Crippen LogP contribution in [0.1, 0.15) is 28.8 Å². The first-order valence-electron chi connectivity index (χ1n) is 6.87. The second-order valence-corrected chi connectivity index (χ2v) is 5.12. The standard InChI is InChI=1S/C17H17ClO3/c18-15-11-6-10-14(17(19)20)16(15)21-12-5-4-9-13-7-2-1-3-8-13/h1-3,6-8,10-11H,4-5,9,12H2,(H,19,20). The number of carboxylic acid groups (broad SMARTS) is 1. The van der Waals surface area contributed by atoms with Crippen LogP contribution in [0.25, 0.3) is 0 Å². The molecule has 0 fully saturated rings. The molecule has 0 spiro atoms. The van der Waals surface area contributed by atoms with Crippen LogP contribution in [0.5, 0.6) is 5.75 Å². The average Bonchev–Trinajstić information content (AvgIpc) is 2.49. The van der Waals surface area contributed by atoms with E-state index in [1.807, 2.05) is 18.2 Å². The van der Waals surface area contributed by atoms with E-state index in [1.54, 1.807) is 12.1 Å². The Hall–Kier alpha value is -2.00. The van der Waals surface area contributed by atoms with E-state index < -0.39 is 5.97 Å². The first-order chi connectivity index (χ1) is 10.2. The summed E-state index contributed by atoms with van der Waals surface area (Å²) in [5.41, 5.74) is 1.40. The molecule has 0 aliphatic carbocycles. The molecule has 0 heterocycles. The quantitative estimate of drug-likeness (QED) is 0.769. The molecule has 3 nitrogen and oxygen atoms in total. The Morgan fingerprint density at radius 1 is 1.05 bits per heavy atom. The van der Waals surface area contributed by atoms with Crippen molar-refractivity contribution in [1.29, 1.82) is 0 Å². The van der Waals surface area contributed by atoms with Crippen LogP contribution in [0, 0.1) is 0 Å². The fourth-order valence-corrected chi connectivity index (χ4v) is 2.30. The normalized spacial score (nSPS) is 10.3. The van der Waals surface area contributed by atoms with Crippen molar-refractivity contribution in [3.05, 3.63) is 64.7 Å². The summed E-state index contributed by atoms with van der Waals surface area (Å²) >= 11 is 5.99. The number of carbonyl (C=O) groups is 1. The van der Waals surface area contributed by atoms with E-state index in [9.17, 15) is 4.79 Å². The summed E-state index contributed by atoms with van der Waals surface area (Å²) in [6.45, 7) is 0.455. The lowest BCUT2D eigenvalue weighted by atomic mass is 10.1. The third-order valence-electron chi connectivity index (χ3n) is 3.15. The predicted molar refractivity (Wildman–Crippen MR) is 83.3 cm³/mol. The van der Waals surface area contributed by atoms with Crippen molar-refractivity contribution in [2.45, 2.75) is 19.3 Å². The van der Waals surface area contributed by atoms with Crippen LogP contribution in [0.4, 0.5) is 0 Å². The van der Waals surface area contributed by atoms with E-state index in [0.717, 1.165) is 19.3 Å². The molecule has 110 valence electrons. The molecule has 0 radical (unpaired) electrons. The molecule has 0 saturated heterocycles. The molecule has 21 heavy (non-hydrogen) atoms. The third kappa shape index (κ3) is 4.50. The van der Waals surface area contributed by atoms with Gasteiger partial charge < -0.3 is 9.84 Å². The Morgan fingerprint density at radius 2 is 1.81 bits per heavy atom. The summed E-state index contributed by atoms with van der Waals surface area (Å²) in [4.78, 5) is 11.1. The fourth-order valence-electron chi connectivity index (χ4n) is 2.07. The van der Waals surface area contributed by atoms with E-state index in [2.05, 4.69) is 12.1 Å². The average molecular weight is 305 g/mol. The van der Waals surface area contributed by atoms with Gasteiger partial charge in [0.05, 0.1) is 11.6 Å². The number of aromatic carboxylic acids is 1. The molecule has 0 bridgehead atoms. The Bertz CT molecular complexity index is 596. The van der Waals surface area contributed by atoms with Crippen LogP contribution < -0.4 is 4.74 Å². The van der Waals surface area contributed by atoms with Crippen molar-refractivity contribution in [2.24, 2.45) is 0 Å². The Kier molecular flexibility index (Phi) is 5.64. The zero-order valence-corrected chi connectivity index (χ0v) is 12.3. The second kappa shape index (κ2) is 7.70. The smallest absolute Gasteiger partial charge is 0.339 e. The number of halogens is 1. The van der Waals surface area contributed by atoms with Crippen LogP contribution in [0.2, 0.25) is 5.02 Å². The number of carboxylic acids is 1. The summed E-state index contributed by atoms with van der Waals surface area (Å²) in [6.07, 6.45) is 2.81. The highest BCUT2D eigenvalue weighted by Crippen LogP contribution is 2.28. The highest BCUT2D eigenvalue weighted by molar-refractivity contribution is 6.32. The summed E-state index contributed by atoms with van der Waals surface area (Å²) < 4.78 is 5.55. The monoisotopic (exact) mass is 304 g/mol. The van der Waals surface area contributed by atoms with Crippen molar-refractivity contribution in [3.63, 3.8) is 0 Å². The SMILES string of the molecule is O=C(O)c1cccc(Cl)c1OCCCCc1ccccc1. The van der Waals surface area contributed by atoms with Crippen LogP contribution >= 0.6 is 11.6 Å². The highest BCUT2D eigenvalue weighted by Gasteiger charge is 2.14. The minimum absolute atomic E-state index is 0.102. The minimum atomic E-state index is -1.03. The van der Waals surface area contributed by atoms with E-state index in [1.165, 1.54) is 11.6 Å². The number of para-hydroxylation sites is 1. The van der Waals surface area contributed by atoms with Gasteiger partial charge >= 0.3 is 5.97 Å². The Morgan fingerprint density at radius 3 is 2.52 bits per heavy atom. The van der Waals surface area contributed by atoms with Gasteiger partial charge in [-0.3, -0.25) is 0 Å². The number of ether oxygens (including phenoxy) is 1. The van der Waals surface area contributed by atoms with Crippen LogP contribution in [-0.2, 0) is 6.42 Å². The van der Waals surface area contributed by atoms with Gasteiger partial charge in [-0.2, -0.15) is 0 Å². The Labute approximate surface area is 129 Å². The van der Waals surface area contributed by atoms with Gasteiger partial charge in [0, 0.05) is 0 Å². The summed E-state index contributed by atoms with van der Waals surface area (Å²) in [5, 5.41) is 9.43. The Balaban J connectivity index is 1.83. The summed E-state index contributed by atoms with van der Waals surface area (Å²) in [7, 11) is 0. The molecule has 0 amide bonds. The molecular formula is C17H17ClO3. The molecule has 0 saturated carbocycles. The van der Waals surface area contributed by atoms with E-state index in [-0.39, 0.29) is 11.3 Å². The number of hydrogen-bond donors (Lipinski definition) is 1. The van der Waals surface area contributed by atoms with Crippen molar-refractivity contribution in [3.8, 4) is 5.75 Å².